The van der Waals surface area contributed by atoms with E-state index in [0.29, 0.717) is 45.6 Å². The summed E-state index contributed by atoms with van der Waals surface area (Å²) in [5.41, 5.74) is 1.03. The second-order valence-electron chi connectivity index (χ2n) is 12.0. The van der Waals surface area contributed by atoms with Crippen molar-refractivity contribution in [1.82, 2.24) is 14.7 Å². The molecule has 4 rings (SSSR count). The number of carbonyl (C=O) groups excluding carboxylic acids is 3. The lowest BCUT2D eigenvalue weighted by Gasteiger charge is -2.38. The third kappa shape index (κ3) is 6.00. The molecule has 3 amide bonds. The molecule has 3 saturated heterocycles. The van der Waals surface area contributed by atoms with Gasteiger partial charge < -0.3 is 19.8 Å². The van der Waals surface area contributed by atoms with Crippen LogP contribution in [0.15, 0.2) is 55.6 Å². The van der Waals surface area contributed by atoms with Gasteiger partial charge in [-0.05, 0) is 44.6 Å². The Labute approximate surface area is 250 Å². The molecule has 1 N–H and O–H groups in total. The molecule has 3 aliphatic heterocycles. The first-order valence-electron chi connectivity index (χ1n) is 15.2. The van der Waals surface area contributed by atoms with Crippen molar-refractivity contribution < 1.29 is 19.5 Å². The van der Waals surface area contributed by atoms with Gasteiger partial charge in [-0.2, -0.15) is 0 Å². The lowest BCUT2D eigenvalue weighted by molar-refractivity contribution is -0.146. The van der Waals surface area contributed by atoms with Gasteiger partial charge in [-0.3, -0.25) is 14.4 Å². The van der Waals surface area contributed by atoms with E-state index in [1.165, 1.54) is 0 Å². The quantitative estimate of drug-likeness (QED) is 0.227. The van der Waals surface area contributed by atoms with Gasteiger partial charge in [0.1, 0.15) is 6.04 Å². The van der Waals surface area contributed by atoms with Crippen LogP contribution >= 0.6 is 11.8 Å². The molecule has 5 atom stereocenters. The molecule has 3 aliphatic rings. The molecule has 224 valence electrons. The number of benzene rings is 1. The number of unbranched alkanes of at least 4 members (excludes halogenated alkanes) is 3. The Hall–Kier alpha value is -2.58. The normalized spacial score (nSPS) is 28.0. The fourth-order valence-electron chi connectivity index (χ4n) is 7.28. The van der Waals surface area contributed by atoms with E-state index in [4.69, 9.17) is 0 Å². The van der Waals surface area contributed by atoms with Gasteiger partial charge in [-0.15, -0.1) is 24.9 Å². The summed E-state index contributed by atoms with van der Waals surface area (Å²) in [6.07, 6.45) is 9.19. The Balaban J connectivity index is 1.70. The van der Waals surface area contributed by atoms with E-state index < -0.39 is 27.4 Å². The Bertz CT molecular complexity index is 1110. The SMILES string of the molecule is C=CCN(CCCCC)C(=O)C1N(CCCCO)C(=O)[C@@H]2[C@@H](C(=O)N(CC=C)Cc3ccccc3)[C@@]3(C)CCC12S3. The van der Waals surface area contributed by atoms with Crippen LogP contribution in [0.25, 0.3) is 0 Å². The van der Waals surface area contributed by atoms with Crippen LogP contribution in [0.5, 0.6) is 0 Å². The summed E-state index contributed by atoms with van der Waals surface area (Å²) in [4.78, 5) is 48.7. The number of nitrogens with zero attached hydrogens (tertiary/aromatic N) is 3. The van der Waals surface area contributed by atoms with Crippen molar-refractivity contribution in [3.63, 3.8) is 0 Å². The first kappa shape index (κ1) is 31.4. The summed E-state index contributed by atoms with van der Waals surface area (Å²) in [5, 5.41) is 9.45. The number of carbonyl (C=O) groups is 3. The minimum atomic E-state index is -0.640. The van der Waals surface area contributed by atoms with Crippen molar-refractivity contribution in [2.45, 2.75) is 80.9 Å². The molecule has 0 saturated carbocycles. The number of hydrogen-bond donors (Lipinski definition) is 1. The van der Waals surface area contributed by atoms with Crippen molar-refractivity contribution in [2.75, 3.05) is 32.8 Å². The molecule has 2 bridgehead atoms. The lowest BCUT2D eigenvalue weighted by atomic mass is 9.66. The Kier molecular flexibility index (Phi) is 10.4. The lowest BCUT2D eigenvalue weighted by Crippen LogP contribution is -2.55. The predicted molar refractivity (Wildman–Crippen MR) is 165 cm³/mol. The van der Waals surface area contributed by atoms with E-state index in [2.05, 4.69) is 27.0 Å². The van der Waals surface area contributed by atoms with Crippen molar-refractivity contribution in [1.29, 1.82) is 0 Å². The molecule has 8 heteroatoms. The first-order valence-corrected chi connectivity index (χ1v) is 16.0. The number of fused-ring (bicyclic) bond motifs is 1. The third-order valence-electron chi connectivity index (χ3n) is 9.15. The molecule has 41 heavy (non-hydrogen) atoms. The van der Waals surface area contributed by atoms with Gasteiger partial charge in [0.25, 0.3) is 0 Å². The van der Waals surface area contributed by atoms with Crippen molar-refractivity contribution in [2.24, 2.45) is 11.8 Å². The van der Waals surface area contributed by atoms with E-state index in [1.54, 1.807) is 28.8 Å². The van der Waals surface area contributed by atoms with Crippen LogP contribution in [0, 0.1) is 11.8 Å². The zero-order valence-corrected chi connectivity index (χ0v) is 25.6. The van der Waals surface area contributed by atoms with Crippen LogP contribution in [0.1, 0.15) is 64.4 Å². The molecule has 1 aromatic carbocycles. The van der Waals surface area contributed by atoms with E-state index in [0.717, 1.165) is 37.7 Å². The van der Waals surface area contributed by atoms with Crippen LogP contribution in [-0.4, -0.2) is 85.8 Å². The maximum absolute atomic E-state index is 14.4. The molecule has 3 heterocycles. The van der Waals surface area contributed by atoms with Crippen LogP contribution < -0.4 is 0 Å². The molecule has 1 spiro atoms. The minimum Gasteiger partial charge on any atom is -0.396 e. The zero-order chi connectivity index (χ0) is 29.6. The zero-order valence-electron chi connectivity index (χ0n) is 24.8. The van der Waals surface area contributed by atoms with Gasteiger partial charge in [0.05, 0.1) is 16.6 Å². The average molecular weight is 582 g/mol. The fraction of sp³-hybridized carbons (Fsp3) is 0.606. The highest BCUT2D eigenvalue weighted by atomic mass is 32.2. The minimum absolute atomic E-state index is 0.0296. The first-order chi connectivity index (χ1) is 19.8. The molecular formula is C33H47N3O4S. The second-order valence-corrected chi connectivity index (χ2v) is 13.9. The molecule has 7 nitrogen and oxygen atoms in total. The van der Waals surface area contributed by atoms with Crippen molar-refractivity contribution >= 4 is 29.5 Å². The fourth-order valence-corrected chi connectivity index (χ4v) is 9.62. The Morgan fingerprint density at radius 2 is 1.76 bits per heavy atom. The number of likely N-dealkylation sites (tertiary alicyclic amines) is 1. The highest BCUT2D eigenvalue weighted by Crippen LogP contribution is 2.71. The van der Waals surface area contributed by atoms with Crippen LogP contribution in [0.2, 0.25) is 0 Å². The van der Waals surface area contributed by atoms with Crippen LogP contribution in [-0.2, 0) is 20.9 Å². The second kappa shape index (κ2) is 13.6. The molecule has 2 unspecified atom stereocenters. The number of rotatable bonds is 16. The Morgan fingerprint density at radius 3 is 2.41 bits per heavy atom. The van der Waals surface area contributed by atoms with Gasteiger partial charge in [0, 0.05) is 44.1 Å². The average Bonchev–Trinajstić information content (AvgIpc) is 3.53. The largest absolute Gasteiger partial charge is 0.396 e. The summed E-state index contributed by atoms with van der Waals surface area (Å²) >= 11 is 1.72. The van der Waals surface area contributed by atoms with Gasteiger partial charge in [0.15, 0.2) is 0 Å². The summed E-state index contributed by atoms with van der Waals surface area (Å²) < 4.78 is -1.06. The smallest absolute Gasteiger partial charge is 0.247 e. The topological polar surface area (TPSA) is 81.2 Å². The highest BCUT2D eigenvalue weighted by Gasteiger charge is 2.77. The van der Waals surface area contributed by atoms with Crippen LogP contribution in [0.3, 0.4) is 0 Å². The predicted octanol–water partition coefficient (Wildman–Crippen LogP) is 4.66. The van der Waals surface area contributed by atoms with Crippen molar-refractivity contribution in [3.05, 3.63) is 61.2 Å². The maximum atomic E-state index is 14.4. The third-order valence-corrected chi connectivity index (χ3v) is 11.1. The van der Waals surface area contributed by atoms with Crippen molar-refractivity contribution in [3.8, 4) is 0 Å². The summed E-state index contributed by atoms with van der Waals surface area (Å²) in [5.74, 6) is -1.20. The summed E-state index contributed by atoms with van der Waals surface area (Å²) in [6.45, 7) is 14.4. The van der Waals surface area contributed by atoms with E-state index in [9.17, 15) is 19.5 Å². The van der Waals surface area contributed by atoms with Gasteiger partial charge >= 0.3 is 0 Å². The standard InChI is InChI=1S/C33H47N3O4S/c1-5-8-12-21-34(19-6-2)31(40)28-33-18-17-32(4,41-33)26(27(33)30(39)36(28)22-13-14-23-37)29(38)35(20-7-3)24-25-15-10-9-11-16-25/h6-7,9-11,15-16,26-28,37H,2-3,5,8,12-14,17-24H2,1,4H3/t26-,27-,28?,32+,33?/m0/s1. The van der Waals surface area contributed by atoms with E-state index >= 15 is 0 Å². The van der Waals surface area contributed by atoms with Gasteiger partial charge in [-0.1, -0.05) is 62.2 Å². The molecule has 0 aromatic heterocycles. The van der Waals surface area contributed by atoms with E-state index in [-0.39, 0.29) is 24.3 Å². The van der Waals surface area contributed by atoms with Gasteiger partial charge in [0.2, 0.25) is 17.7 Å². The number of hydrogen-bond acceptors (Lipinski definition) is 5. The molecule has 0 aliphatic carbocycles. The molecule has 3 fully saturated rings. The highest BCUT2D eigenvalue weighted by molar-refractivity contribution is 8.02. The maximum Gasteiger partial charge on any atom is 0.247 e. The number of aliphatic hydroxyl groups excluding tert-OH is 1. The summed E-state index contributed by atoms with van der Waals surface area (Å²) in [6, 6.07) is 9.28. The number of amides is 3. The molecular weight excluding hydrogens is 534 g/mol. The van der Waals surface area contributed by atoms with Crippen LogP contribution in [0.4, 0.5) is 0 Å². The van der Waals surface area contributed by atoms with Gasteiger partial charge in [-0.25, -0.2) is 0 Å². The Morgan fingerprint density at radius 1 is 1.05 bits per heavy atom. The monoisotopic (exact) mass is 581 g/mol. The number of thioether (sulfide) groups is 1. The summed E-state index contributed by atoms with van der Waals surface area (Å²) in [7, 11) is 0. The van der Waals surface area contributed by atoms with E-state index in [1.807, 2.05) is 40.1 Å². The molecule has 0 radical (unpaired) electrons. The number of aliphatic hydroxyl groups is 1. The molecule has 1 aromatic rings.